The third-order valence-electron chi connectivity index (χ3n) is 5.28. The topological polar surface area (TPSA) is 120 Å². The van der Waals surface area contributed by atoms with Crippen molar-refractivity contribution in [3.63, 3.8) is 0 Å². The molecule has 0 saturated heterocycles. The summed E-state index contributed by atoms with van der Waals surface area (Å²) in [7, 11) is -3.85. The Morgan fingerprint density at radius 1 is 0.543 bits per heavy atom. The first-order valence-corrected chi connectivity index (χ1v) is 12.2. The van der Waals surface area contributed by atoms with Crippen LogP contribution in [0, 0.1) is 20.2 Å². The summed E-state index contributed by atoms with van der Waals surface area (Å²) in [5, 5.41) is 22.3. The van der Waals surface area contributed by atoms with Gasteiger partial charge in [-0.15, -0.1) is 0 Å². The SMILES string of the molecule is O=[N+]([O-])c1cc(-c2ccc(S(=O)(=O)c3ccc(-c4ccc(Cl)c([N+](=O)[O-])c4)cc3)cc2)ccc1Cl. The van der Waals surface area contributed by atoms with Crippen molar-refractivity contribution in [2.45, 2.75) is 9.79 Å². The lowest BCUT2D eigenvalue weighted by molar-refractivity contribution is -0.384. The molecule has 8 nitrogen and oxygen atoms in total. The summed E-state index contributed by atoms with van der Waals surface area (Å²) in [5.74, 6) is 0. The molecule has 0 aliphatic heterocycles. The molecule has 4 rings (SSSR count). The van der Waals surface area contributed by atoms with E-state index in [2.05, 4.69) is 0 Å². The molecule has 0 radical (unpaired) electrons. The molecule has 0 aliphatic rings. The van der Waals surface area contributed by atoms with Gasteiger partial charge in [0.2, 0.25) is 9.84 Å². The summed E-state index contributed by atoms with van der Waals surface area (Å²) < 4.78 is 26.2. The molecule has 0 N–H and O–H groups in total. The zero-order valence-electron chi connectivity index (χ0n) is 17.6. The Morgan fingerprint density at radius 2 is 0.857 bits per heavy atom. The summed E-state index contributed by atoms with van der Waals surface area (Å²) in [5.41, 5.74) is 1.73. The molecule has 176 valence electrons. The van der Waals surface area contributed by atoms with Crippen LogP contribution in [0.2, 0.25) is 10.0 Å². The Balaban J connectivity index is 1.62. The molecule has 4 aromatic rings. The molecular weight excluding hydrogens is 515 g/mol. The van der Waals surface area contributed by atoms with Crippen molar-refractivity contribution in [2.24, 2.45) is 0 Å². The van der Waals surface area contributed by atoms with Crippen LogP contribution in [0.15, 0.2) is 94.7 Å². The third-order valence-corrected chi connectivity index (χ3v) is 7.71. The molecule has 0 atom stereocenters. The van der Waals surface area contributed by atoms with Crippen molar-refractivity contribution in [2.75, 3.05) is 0 Å². The van der Waals surface area contributed by atoms with Crippen molar-refractivity contribution in [3.05, 3.63) is 115 Å². The summed E-state index contributed by atoms with van der Waals surface area (Å²) in [6.45, 7) is 0. The fourth-order valence-corrected chi connectivity index (χ4v) is 5.09. The highest BCUT2D eigenvalue weighted by Gasteiger charge is 2.19. The summed E-state index contributed by atoms with van der Waals surface area (Å²) in [4.78, 5) is 21.2. The number of hydrogen-bond donors (Lipinski definition) is 0. The maximum absolute atomic E-state index is 13.1. The second-order valence-electron chi connectivity index (χ2n) is 7.40. The first-order chi connectivity index (χ1) is 16.6. The number of benzene rings is 4. The minimum Gasteiger partial charge on any atom is -0.258 e. The number of nitrogens with zero attached hydrogens (tertiary/aromatic N) is 2. The van der Waals surface area contributed by atoms with Gasteiger partial charge in [0, 0.05) is 12.1 Å². The van der Waals surface area contributed by atoms with Gasteiger partial charge in [-0.3, -0.25) is 20.2 Å². The average molecular weight is 529 g/mol. The zero-order valence-corrected chi connectivity index (χ0v) is 19.9. The van der Waals surface area contributed by atoms with Gasteiger partial charge in [0.25, 0.3) is 11.4 Å². The minimum atomic E-state index is -3.85. The minimum absolute atomic E-state index is 0.00889. The summed E-state index contributed by atoms with van der Waals surface area (Å²) in [6.07, 6.45) is 0. The molecule has 11 heteroatoms. The van der Waals surface area contributed by atoms with Gasteiger partial charge in [0.1, 0.15) is 10.0 Å². The first-order valence-electron chi connectivity index (χ1n) is 9.92. The fourth-order valence-electron chi connectivity index (χ4n) is 3.45. The van der Waals surface area contributed by atoms with Crippen molar-refractivity contribution in [1.29, 1.82) is 0 Å². The molecule has 0 spiro atoms. The van der Waals surface area contributed by atoms with Crippen LogP contribution in [0.5, 0.6) is 0 Å². The lowest BCUT2D eigenvalue weighted by atomic mass is 10.1. The van der Waals surface area contributed by atoms with Crippen molar-refractivity contribution in [3.8, 4) is 22.3 Å². The van der Waals surface area contributed by atoms with Gasteiger partial charge in [-0.2, -0.15) is 0 Å². The lowest BCUT2D eigenvalue weighted by Gasteiger charge is -2.08. The third kappa shape index (κ3) is 4.88. The zero-order chi connectivity index (χ0) is 25.3. The fraction of sp³-hybridized carbons (Fsp3) is 0. The smallest absolute Gasteiger partial charge is 0.258 e. The number of rotatable bonds is 6. The molecule has 35 heavy (non-hydrogen) atoms. The summed E-state index contributed by atoms with van der Waals surface area (Å²) in [6, 6.07) is 20.6. The van der Waals surface area contributed by atoms with E-state index in [0.717, 1.165) is 0 Å². The molecule has 0 amide bonds. The Morgan fingerprint density at radius 3 is 1.17 bits per heavy atom. The van der Waals surface area contributed by atoms with Crippen LogP contribution in [-0.2, 0) is 9.84 Å². The van der Waals surface area contributed by atoms with Crippen LogP contribution in [-0.4, -0.2) is 18.3 Å². The number of hydrogen-bond acceptors (Lipinski definition) is 6. The van der Waals surface area contributed by atoms with Crippen LogP contribution in [0.3, 0.4) is 0 Å². The average Bonchev–Trinajstić information content (AvgIpc) is 2.84. The molecule has 0 fully saturated rings. The maximum Gasteiger partial charge on any atom is 0.288 e. The first kappa shape index (κ1) is 24.3. The van der Waals surface area contributed by atoms with E-state index in [9.17, 15) is 28.6 Å². The maximum atomic E-state index is 13.1. The second kappa shape index (κ2) is 9.46. The Bertz CT molecular complexity index is 1460. The van der Waals surface area contributed by atoms with Gasteiger partial charge in [-0.1, -0.05) is 59.6 Å². The van der Waals surface area contributed by atoms with E-state index >= 15 is 0 Å². The van der Waals surface area contributed by atoms with E-state index in [-0.39, 0.29) is 31.2 Å². The van der Waals surface area contributed by atoms with E-state index in [1.165, 1.54) is 48.5 Å². The van der Waals surface area contributed by atoms with E-state index in [4.69, 9.17) is 23.2 Å². The molecular formula is C24H14Cl2N2O6S. The van der Waals surface area contributed by atoms with E-state index < -0.39 is 19.7 Å². The van der Waals surface area contributed by atoms with Gasteiger partial charge < -0.3 is 0 Å². The predicted molar refractivity (Wildman–Crippen MR) is 133 cm³/mol. The molecule has 0 bridgehead atoms. The van der Waals surface area contributed by atoms with Crippen LogP contribution in [0.1, 0.15) is 0 Å². The van der Waals surface area contributed by atoms with Crippen LogP contribution in [0.4, 0.5) is 11.4 Å². The number of sulfone groups is 1. The molecule has 4 aromatic carbocycles. The Labute approximate surface area is 209 Å². The molecule has 0 aromatic heterocycles. The van der Waals surface area contributed by atoms with Gasteiger partial charge in [-0.05, 0) is 58.7 Å². The Hall–Kier alpha value is -3.79. The van der Waals surface area contributed by atoms with Crippen molar-refractivity contribution < 1.29 is 18.3 Å². The van der Waals surface area contributed by atoms with Gasteiger partial charge >= 0.3 is 0 Å². The molecule has 0 heterocycles. The standard InChI is InChI=1S/C24H14Cl2N2O6S/c25-21-11-5-17(13-23(21)27(29)30)15-1-7-19(8-2-15)35(33,34)20-9-3-16(4-10-20)18-6-12-22(26)24(14-18)28(31)32/h1-14H. The number of halogens is 2. The largest absolute Gasteiger partial charge is 0.288 e. The van der Waals surface area contributed by atoms with E-state index in [0.29, 0.717) is 22.3 Å². The quantitative estimate of drug-likeness (QED) is 0.196. The molecule has 0 saturated carbocycles. The van der Waals surface area contributed by atoms with E-state index in [1.54, 1.807) is 36.4 Å². The number of nitro groups is 2. The predicted octanol–water partition coefficient (Wildman–Crippen LogP) is 6.98. The molecule has 0 unspecified atom stereocenters. The van der Waals surface area contributed by atoms with Crippen molar-refractivity contribution >= 4 is 44.4 Å². The van der Waals surface area contributed by atoms with Crippen LogP contribution < -0.4 is 0 Å². The van der Waals surface area contributed by atoms with Crippen molar-refractivity contribution in [1.82, 2.24) is 0 Å². The summed E-state index contributed by atoms with van der Waals surface area (Å²) >= 11 is 11.7. The van der Waals surface area contributed by atoms with Gasteiger partial charge in [0.05, 0.1) is 19.6 Å². The monoisotopic (exact) mass is 528 g/mol. The van der Waals surface area contributed by atoms with E-state index in [1.807, 2.05) is 0 Å². The second-order valence-corrected chi connectivity index (χ2v) is 10.2. The highest BCUT2D eigenvalue weighted by atomic mass is 35.5. The lowest BCUT2D eigenvalue weighted by Crippen LogP contribution is -2.02. The van der Waals surface area contributed by atoms with Gasteiger partial charge in [0.15, 0.2) is 0 Å². The molecule has 0 aliphatic carbocycles. The highest BCUT2D eigenvalue weighted by Crippen LogP contribution is 2.33. The van der Waals surface area contributed by atoms with Crippen LogP contribution >= 0.6 is 23.2 Å². The van der Waals surface area contributed by atoms with Crippen LogP contribution in [0.25, 0.3) is 22.3 Å². The highest BCUT2D eigenvalue weighted by molar-refractivity contribution is 7.91. The van der Waals surface area contributed by atoms with Gasteiger partial charge in [-0.25, -0.2) is 8.42 Å². The normalized spacial score (nSPS) is 11.3. The number of nitro benzene ring substituents is 2. The Kier molecular flexibility index (Phi) is 6.58.